The minimum atomic E-state index is -3.73. The normalized spacial score (nSPS) is 11.0. The average Bonchev–Trinajstić information content (AvgIpc) is 2.53. The average molecular weight is 364 g/mol. The maximum absolute atomic E-state index is 13.0. The number of halogens is 1. The summed E-state index contributed by atoms with van der Waals surface area (Å²) >= 11 is 0. The molecule has 0 aromatic heterocycles. The Hall–Kier alpha value is -2.74. The number of nitrogens with zero attached hydrogens (tertiary/aromatic N) is 1. The van der Waals surface area contributed by atoms with Crippen LogP contribution in [0.5, 0.6) is 0 Å². The monoisotopic (exact) mass is 364 g/mol. The lowest BCUT2D eigenvalue weighted by atomic mass is 10.1. The third-order valence-corrected chi connectivity index (χ3v) is 4.52. The van der Waals surface area contributed by atoms with Crippen molar-refractivity contribution in [3.05, 3.63) is 59.9 Å². The first-order valence-corrected chi connectivity index (χ1v) is 9.16. The quantitative estimate of drug-likeness (QED) is 0.798. The highest BCUT2D eigenvalue weighted by Crippen LogP contribution is 2.18. The van der Waals surface area contributed by atoms with Gasteiger partial charge in [-0.25, -0.2) is 12.8 Å². The molecule has 2 rings (SSSR count). The molecule has 25 heavy (non-hydrogen) atoms. The summed E-state index contributed by atoms with van der Waals surface area (Å²) in [4.78, 5) is 23.4. The second-order valence-electron chi connectivity index (χ2n) is 5.43. The fourth-order valence-corrected chi connectivity index (χ4v) is 2.98. The Kier molecular flexibility index (Phi) is 5.53. The maximum Gasteiger partial charge on any atom is 0.245 e. The van der Waals surface area contributed by atoms with Gasteiger partial charge in [-0.3, -0.25) is 13.9 Å². The number of rotatable bonds is 6. The van der Waals surface area contributed by atoms with E-state index in [0.717, 1.165) is 22.7 Å². The van der Waals surface area contributed by atoms with Gasteiger partial charge in [0.15, 0.2) is 5.78 Å². The van der Waals surface area contributed by atoms with Crippen LogP contribution in [0.2, 0.25) is 0 Å². The van der Waals surface area contributed by atoms with Crippen molar-refractivity contribution in [3.8, 4) is 0 Å². The topological polar surface area (TPSA) is 83.6 Å². The van der Waals surface area contributed by atoms with Gasteiger partial charge in [0.1, 0.15) is 12.4 Å². The molecule has 0 saturated carbocycles. The van der Waals surface area contributed by atoms with Gasteiger partial charge in [-0.05, 0) is 55.5 Å². The van der Waals surface area contributed by atoms with Gasteiger partial charge < -0.3 is 5.32 Å². The van der Waals surface area contributed by atoms with Gasteiger partial charge in [-0.15, -0.1) is 0 Å². The van der Waals surface area contributed by atoms with E-state index in [0.29, 0.717) is 11.3 Å². The Morgan fingerprint density at radius 1 is 1.04 bits per heavy atom. The highest BCUT2D eigenvalue weighted by molar-refractivity contribution is 7.92. The van der Waals surface area contributed by atoms with E-state index in [1.807, 2.05) is 0 Å². The van der Waals surface area contributed by atoms with Crippen molar-refractivity contribution >= 4 is 33.1 Å². The van der Waals surface area contributed by atoms with Crippen LogP contribution in [-0.2, 0) is 14.8 Å². The van der Waals surface area contributed by atoms with Crippen LogP contribution in [0.15, 0.2) is 48.5 Å². The van der Waals surface area contributed by atoms with E-state index in [-0.39, 0.29) is 11.5 Å². The van der Waals surface area contributed by atoms with Gasteiger partial charge in [-0.2, -0.15) is 0 Å². The molecule has 0 radical (unpaired) electrons. The molecule has 0 heterocycles. The van der Waals surface area contributed by atoms with Gasteiger partial charge in [-0.1, -0.05) is 0 Å². The number of benzene rings is 2. The SMILES string of the molecule is CC(=O)c1ccc(NC(=O)CN(c2ccc(F)cc2)S(C)(=O)=O)cc1. The van der Waals surface area contributed by atoms with E-state index in [4.69, 9.17) is 0 Å². The van der Waals surface area contributed by atoms with Crippen LogP contribution < -0.4 is 9.62 Å². The zero-order valence-corrected chi connectivity index (χ0v) is 14.5. The molecule has 132 valence electrons. The number of nitrogens with one attached hydrogen (secondary N) is 1. The van der Waals surface area contributed by atoms with E-state index in [1.54, 1.807) is 24.3 Å². The summed E-state index contributed by atoms with van der Waals surface area (Å²) in [6.45, 7) is 0.971. The maximum atomic E-state index is 13.0. The van der Waals surface area contributed by atoms with E-state index in [2.05, 4.69) is 5.32 Å². The number of anilines is 2. The molecule has 0 spiro atoms. The standard InChI is InChI=1S/C17H17FN2O4S/c1-12(21)13-3-7-15(8-4-13)19-17(22)11-20(25(2,23)24)16-9-5-14(18)6-10-16/h3-10H,11H2,1-2H3,(H,19,22). The third kappa shape index (κ3) is 5.12. The summed E-state index contributed by atoms with van der Waals surface area (Å²) in [7, 11) is -3.73. The van der Waals surface area contributed by atoms with Crippen LogP contribution in [0.4, 0.5) is 15.8 Å². The first-order valence-electron chi connectivity index (χ1n) is 7.31. The predicted molar refractivity (Wildman–Crippen MR) is 93.7 cm³/mol. The highest BCUT2D eigenvalue weighted by atomic mass is 32.2. The van der Waals surface area contributed by atoms with E-state index < -0.39 is 28.3 Å². The molecule has 0 aliphatic rings. The van der Waals surface area contributed by atoms with Crippen LogP contribution in [0.3, 0.4) is 0 Å². The fraction of sp³-hybridized carbons (Fsp3) is 0.176. The minimum absolute atomic E-state index is 0.0996. The van der Waals surface area contributed by atoms with Gasteiger partial charge in [0.25, 0.3) is 0 Å². The summed E-state index contributed by atoms with van der Waals surface area (Å²) < 4.78 is 37.8. The summed E-state index contributed by atoms with van der Waals surface area (Å²) in [6, 6.07) is 11.0. The van der Waals surface area contributed by atoms with Gasteiger partial charge in [0.05, 0.1) is 11.9 Å². The van der Waals surface area contributed by atoms with Crippen LogP contribution in [0, 0.1) is 5.82 Å². The molecular formula is C17H17FN2O4S. The lowest BCUT2D eigenvalue weighted by molar-refractivity contribution is -0.114. The zero-order valence-electron chi connectivity index (χ0n) is 13.7. The molecule has 0 bridgehead atoms. The molecule has 0 fully saturated rings. The number of carbonyl (C=O) groups excluding carboxylic acids is 2. The van der Waals surface area contributed by atoms with Crippen molar-refractivity contribution in [2.75, 3.05) is 22.4 Å². The van der Waals surface area contributed by atoms with E-state index >= 15 is 0 Å². The lowest BCUT2D eigenvalue weighted by Gasteiger charge is -2.21. The number of hydrogen-bond acceptors (Lipinski definition) is 4. The molecule has 0 aliphatic carbocycles. The fourth-order valence-electron chi connectivity index (χ4n) is 2.13. The summed E-state index contributed by atoms with van der Waals surface area (Å²) in [6.07, 6.45) is 0.964. The van der Waals surface area contributed by atoms with E-state index in [9.17, 15) is 22.4 Å². The largest absolute Gasteiger partial charge is 0.325 e. The smallest absolute Gasteiger partial charge is 0.245 e. The van der Waals surface area contributed by atoms with Crippen molar-refractivity contribution in [1.29, 1.82) is 0 Å². The first kappa shape index (κ1) is 18.6. The highest BCUT2D eigenvalue weighted by Gasteiger charge is 2.21. The number of amides is 1. The van der Waals surface area contributed by atoms with Crippen molar-refractivity contribution in [3.63, 3.8) is 0 Å². The molecule has 0 unspecified atom stereocenters. The van der Waals surface area contributed by atoms with Crippen LogP contribution >= 0.6 is 0 Å². The van der Waals surface area contributed by atoms with Gasteiger partial charge in [0, 0.05) is 11.3 Å². The summed E-state index contributed by atoms with van der Waals surface area (Å²) in [5.74, 6) is -1.17. The molecule has 1 amide bonds. The van der Waals surface area contributed by atoms with E-state index in [1.165, 1.54) is 19.1 Å². The molecular weight excluding hydrogens is 347 g/mol. The molecule has 6 nitrogen and oxygen atoms in total. The van der Waals surface area contributed by atoms with Crippen molar-refractivity contribution in [2.45, 2.75) is 6.92 Å². The lowest BCUT2D eigenvalue weighted by Crippen LogP contribution is -2.37. The molecule has 1 N–H and O–H groups in total. The number of hydrogen-bond donors (Lipinski definition) is 1. The number of carbonyl (C=O) groups is 2. The second kappa shape index (κ2) is 7.43. The third-order valence-electron chi connectivity index (χ3n) is 3.38. The van der Waals surface area contributed by atoms with Gasteiger partial charge in [0.2, 0.25) is 15.9 Å². The second-order valence-corrected chi connectivity index (χ2v) is 7.33. The first-order chi connectivity index (χ1) is 11.7. The van der Waals surface area contributed by atoms with Crippen molar-refractivity contribution < 1.29 is 22.4 Å². The van der Waals surface area contributed by atoms with Crippen molar-refractivity contribution in [2.24, 2.45) is 0 Å². The van der Waals surface area contributed by atoms with Crippen LogP contribution in [0.25, 0.3) is 0 Å². The predicted octanol–water partition coefficient (Wildman–Crippen LogP) is 2.43. The summed E-state index contributed by atoms with van der Waals surface area (Å²) in [5.41, 5.74) is 1.12. The van der Waals surface area contributed by atoms with Crippen LogP contribution in [-0.4, -0.2) is 32.9 Å². The Balaban J connectivity index is 2.14. The minimum Gasteiger partial charge on any atom is -0.325 e. The molecule has 8 heteroatoms. The van der Waals surface area contributed by atoms with Gasteiger partial charge >= 0.3 is 0 Å². The number of sulfonamides is 1. The zero-order chi connectivity index (χ0) is 18.6. The molecule has 2 aromatic rings. The van der Waals surface area contributed by atoms with Crippen LogP contribution in [0.1, 0.15) is 17.3 Å². The molecule has 2 aromatic carbocycles. The Morgan fingerprint density at radius 3 is 2.08 bits per heavy atom. The summed E-state index contributed by atoms with van der Waals surface area (Å²) in [5, 5.41) is 2.56. The number of Topliss-reactive ketones (excluding diaryl/α,β-unsaturated/α-hetero) is 1. The number of ketones is 1. The Labute approximate surface area is 145 Å². The molecule has 0 saturated heterocycles. The van der Waals surface area contributed by atoms with Crippen molar-refractivity contribution in [1.82, 2.24) is 0 Å². The molecule has 0 aliphatic heterocycles. The Morgan fingerprint density at radius 2 is 1.60 bits per heavy atom. The molecule has 0 atom stereocenters. The Bertz CT molecular complexity index is 878.